The first-order valence-corrected chi connectivity index (χ1v) is 13.6. The van der Waals surface area contributed by atoms with Crippen LogP contribution in [0.1, 0.15) is 29.8 Å². The number of nitrogens with one attached hydrogen (secondary N) is 1. The number of benzene rings is 2. The second-order valence-electron chi connectivity index (χ2n) is 10.6. The number of nitrogens with zero attached hydrogens (tertiary/aromatic N) is 5. The molecule has 2 atom stereocenters. The zero-order chi connectivity index (χ0) is 30.2. The Morgan fingerprint density at radius 2 is 1.62 bits per heavy atom. The van der Waals surface area contributed by atoms with Crippen LogP contribution in [0.2, 0.25) is 0 Å². The quantitative estimate of drug-likeness (QED) is 0.417. The molecule has 3 heterocycles. The molecule has 0 aliphatic carbocycles. The van der Waals surface area contributed by atoms with Crippen LogP contribution in [0.4, 0.5) is 39.3 Å². The van der Waals surface area contributed by atoms with Crippen LogP contribution >= 0.6 is 0 Å². The molecular formula is C29H31F5N6O2. The number of carbonyl (C=O) groups is 1. The van der Waals surface area contributed by atoms with Gasteiger partial charge >= 0.3 is 6.18 Å². The van der Waals surface area contributed by atoms with E-state index in [9.17, 15) is 22.4 Å². The Balaban J connectivity index is 1.55. The van der Waals surface area contributed by atoms with Gasteiger partial charge < -0.3 is 19.9 Å². The summed E-state index contributed by atoms with van der Waals surface area (Å²) < 4.78 is 76.1. The van der Waals surface area contributed by atoms with Crippen LogP contribution in [0.15, 0.2) is 42.7 Å². The molecule has 2 aliphatic rings. The average Bonchev–Trinajstić information content (AvgIpc) is 2.96. The van der Waals surface area contributed by atoms with Gasteiger partial charge in [0.25, 0.3) is 5.91 Å². The number of amides is 1. The predicted molar refractivity (Wildman–Crippen MR) is 149 cm³/mol. The van der Waals surface area contributed by atoms with E-state index in [0.717, 1.165) is 0 Å². The summed E-state index contributed by atoms with van der Waals surface area (Å²) in [5, 5.41) is 2.51. The molecule has 0 saturated carbocycles. The van der Waals surface area contributed by atoms with E-state index in [-0.39, 0.29) is 23.3 Å². The maximum Gasteiger partial charge on any atom is 0.417 e. The molecule has 2 fully saturated rings. The molecule has 2 saturated heterocycles. The van der Waals surface area contributed by atoms with E-state index in [4.69, 9.17) is 4.74 Å². The molecule has 13 heteroatoms. The largest absolute Gasteiger partial charge is 0.417 e. The highest BCUT2D eigenvalue weighted by atomic mass is 19.4. The van der Waals surface area contributed by atoms with Crippen molar-refractivity contribution in [1.29, 1.82) is 0 Å². The van der Waals surface area contributed by atoms with Crippen molar-refractivity contribution in [3.63, 3.8) is 0 Å². The first-order valence-electron chi connectivity index (χ1n) is 13.6. The molecule has 0 spiro atoms. The molecule has 1 amide bonds. The fourth-order valence-electron chi connectivity index (χ4n) is 5.27. The minimum Gasteiger partial charge on any atom is -0.378 e. The Kier molecular flexibility index (Phi) is 8.33. The smallest absolute Gasteiger partial charge is 0.378 e. The maximum atomic E-state index is 15.7. The third-order valence-corrected chi connectivity index (χ3v) is 7.81. The summed E-state index contributed by atoms with van der Waals surface area (Å²) in [6, 6.07) is 4.47. The molecule has 8 nitrogen and oxygen atoms in total. The summed E-state index contributed by atoms with van der Waals surface area (Å²) in [5.74, 6) is -2.33. The zero-order valence-corrected chi connectivity index (χ0v) is 23.4. The van der Waals surface area contributed by atoms with Gasteiger partial charge in [0.1, 0.15) is 11.6 Å². The molecule has 1 N–H and O–H groups in total. The van der Waals surface area contributed by atoms with Gasteiger partial charge in [0.2, 0.25) is 5.95 Å². The van der Waals surface area contributed by atoms with E-state index in [2.05, 4.69) is 20.2 Å². The highest BCUT2D eigenvalue weighted by Crippen LogP contribution is 2.37. The van der Waals surface area contributed by atoms with Gasteiger partial charge in [-0.2, -0.15) is 13.2 Å². The summed E-state index contributed by atoms with van der Waals surface area (Å²) in [7, 11) is 1.97. The first kappa shape index (κ1) is 29.6. The fraction of sp³-hybridized carbons (Fsp3) is 0.414. The fourth-order valence-corrected chi connectivity index (χ4v) is 5.27. The maximum absolute atomic E-state index is 15.7. The van der Waals surface area contributed by atoms with Crippen molar-refractivity contribution in [3.05, 3.63) is 65.5 Å². The lowest BCUT2D eigenvalue weighted by Crippen LogP contribution is -2.55. The van der Waals surface area contributed by atoms with E-state index < -0.39 is 34.8 Å². The summed E-state index contributed by atoms with van der Waals surface area (Å²) in [6.07, 6.45) is -1.98. The highest BCUT2D eigenvalue weighted by Gasteiger charge is 2.36. The summed E-state index contributed by atoms with van der Waals surface area (Å²) in [6.45, 7) is 7.26. The van der Waals surface area contributed by atoms with E-state index in [1.54, 1.807) is 0 Å². The standard InChI is InChI=1S/C29H31F5N6O2/c1-17-15-40(16-18(2)38(17)3)26-12-24(31)21(19-13-35-28(36-14-19)39-6-8-42-9-7-39)11-25(26)37-27(41)22-10-20(30)4-5-23(22)29(32,33)34/h4-5,10-14,17-18H,6-9,15-16H2,1-3H3,(H,37,41)/t17-,18+. The van der Waals surface area contributed by atoms with Crippen LogP contribution in [0.25, 0.3) is 11.1 Å². The average molecular weight is 591 g/mol. The monoisotopic (exact) mass is 590 g/mol. The van der Waals surface area contributed by atoms with Crippen LogP contribution in [-0.4, -0.2) is 79.3 Å². The number of carbonyl (C=O) groups excluding carboxylic acids is 1. The van der Waals surface area contributed by atoms with Gasteiger partial charge in [0, 0.05) is 61.8 Å². The van der Waals surface area contributed by atoms with E-state index in [1.807, 2.05) is 30.7 Å². The Morgan fingerprint density at radius 1 is 0.976 bits per heavy atom. The second kappa shape index (κ2) is 11.8. The van der Waals surface area contributed by atoms with Gasteiger partial charge in [0.05, 0.1) is 35.7 Å². The predicted octanol–water partition coefficient (Wildman–Crippen LogP) is 5.06. The van der Waals surface area contributed by atoms with Gasteiger partial charge in [-0.15, -0.1) is 0 Å². The molecule has 0 bridgehead atoms. The second-order valence-corrected chi connectivity index (χ2v) is 10.6. The number of hydrogen-bond donors (Lipinski definition) is 1. The van der Waals surface area contributed by atoms with Crippen LogP contribution in [0.3, 0.4) is 0 Å². The normalized spacial score (nSPS) is 20.1. The van der Waals surface area contributed by atoms with Gasteiger partial charge in [-0.3, -0.25) is 9.69 Å². The molecule has 2 aromatic carbocycles. The molecule has 3 aromatic rings. The van der Waals surface area contributed by atoms with Crippen molar-refractivity contribution in [3.8, 4) is 11.1 Å². The lowest BCUT2D eigenvalue weighted by molar-refractivity contribution is -0.137. The Morgan fingerprint density at radius 3 is 2.24 bits per heavy atom. The molecule has 42 heavy (non-hydrogen) atoms. The van der Waals surface area contributed by atoms with Crippen LogP contribution in [-0.2, 0) is 10.9 Å². The number of hydrogen-bond acceptors (Lipinski definition) is 7. The lowest BCUT2D eigenvalue weighted by Gasteiger charge is -2.44. The Bertz CT molecular complexity index is 1430. The zero-order valence-electron chi connectivity index (χ0n) is 23.4. The number of piperazine rings is 1. The number of likely N-dealkylation sites (N-methyl/N-ethyl adjacent to an activating group) is 1. The van der Waals surface area contributed by atoms with Crippen LogP contribution in [0, 0.1) is 11.6 Å². The highest BCUT2D eigenvalue weighted by molar-refractivity contribution is 6.07. The van der Waals surface area contributed by atoms with Gasteiger partial charge in [-0.05, 0) is 51.2 Å². The lowest BCUT2D eigenvalue weighted by atomic mass is 10.0. The first-order chi connectivity index (χ1) is 19.9. The molecule has 5 rings (SSSR count). The summed E-state index contributed by atoms with van der Waals surface area (Å²) in [5.41, 5.74) is -1.42. The minimum absolute atomic E-state index is 0.0492. The van der Waals surface area contributed by atoms with Crippen molar-refractivity contribution in [2.45, 2.75) is 32.1 Å². The van der Waals surface area contributed by atoms with Crippen molar-refractivity contribution in [1.82, 2.24) is 14.9 Å². The molecule has 0 radical (unpaired) electrons. The van der Waals surface area contributed by atoms with Crippen molar-refractivity contribution in [2.75, 3.05) is 61.6 Å². The molecule has 0 unspecified atom stereocenters. The van der Waals surface area contributed by atoms with Crippen LogP contribution in [0.5, 0.6) is 0 Å². The summed E-state index contributed by atoms with van der Waals surface area (Å²) in [4.78, 5) is 28.0. The van der Waals surface area contributed by atoms with Crippen LogP contribution < -0.4 is 15.1 Å². The van der Waals surface area contributed by atoms with E-state index in [1.165, 1.54) is 24.5 Å². The van der Waals surface area contributed by atoms with E-state index >= 15 is 4.39 Å². The Labute approximate surface area is 240 Å². The number of anilines is 3. The molecule has 1 aromatic heterocycles. The van der Waals surface area contributed by atoms with Gasteiger partial charge in [0.15, 0.2) is 0 Å². The minimum atomic E-state index is -4.89. The molecule has 2 aliphatic heterocycles. The Hall–Kier alpha value is -3.84. The number of ether oxygens (including phenoxy) is 1. The van der Waals surface area contributed by atoms with Crippen molar-refractivity contribution in [2.24, 2.45) is 0 Å². The van der Waals surface area contributed by atoms with Gasteiger partial charge in [-0.25, -0.2) is 18.7 Å². The van der Waals surface area contributed by atoms with Gasteiger partial charge in [-0.1, -0.05) is 0 Å². The SMILES string of the molecule is C[C@@H]1CN(c2cc(F)c(-c3cnc(N4CCOCC4)nc3)cc2NC(=O)c2cc(F)ccc2C(F)(F)F)C[C@H](C)N1C. The van der Waals surface area contributed by atoms with Crippen molar-refractivity contribution < 1.29 is 31.5 Å². The number of halogens is 5. The number of alkyl halides is 3. The van der Waals surface area contributed by atoms with E-state index in [0.29, 0.717) is 74.8 Å². The van der Waals surface area contributed by atoms with Crippen molar-refractivity contribution >= 4 is 23.2 Å². The topological polar surface area (TPSA) is 73.8 Å². The number of aromatic nitrogens is 2. The number of rotatable bonds is 5. The third kappa shape index (κ3) is 6.16. The summed E-state index contributed by atoms with van der Waals surface area (Å²) >= 11 is 0. The molecule has 224 valence electrons. The molecular weight excluding hydrogens is 559 g/mol. The number of morpholine rings is 1. The third-order valence-electron chi connectivity index (χ3n) is 7.81.